The van der Waals surface area contributed by atoms with Crippen LogP contribution in [0.4, 0.5) is 0 Å². The minimum absolute atomic E-state index is 0.187. The average Bonchev–Trinajstić information content (AvgIpc) is 2.53. The van der Waals surface area contributed by atoms with Gasteiger partial charge in [-0.2, -0.15) is 0 Å². The van der Waals surface area contributed by atoms with Crippen LogP contribution in [0.3, 0.4) is 0 Å². The molecule has 0 fully saturated rings. The van der Waals surface area contributed by atoms with E-state index in [9.17, 15) is 4.79 Å². The number of fused-ring (bicyclic) bond motifs is 1. The first-order chi connectivity index (χ1) is 10.6. The molecular formula is C18H12Cl2O2. The molecule has 0 aliphatic carbocycles. The van der Waals surface area contributed by atoms with E-state index in [0.29, 0.717) is 21.2 Å². The summed E-state index contributed by atoms with van der Waals surface area (Å²) in [7, 11) is 1.62. The molecule has 0 N–H and O–H groups in total. The van der Waals surface area contributed by atoms with Crippen molar-refractivity contribution >= 4 is 39.8 Å². The molecule has 0 aliphatic rings. The van der Waals surface area contributed by atoms with Gasteiger partial charge in [-0.05, 0) is 41.1 Å². The van der Waals surface area contributed by atoms with Gasteiger partial charge in [0, 0.05) is 5.56 Å². The summed E-state index contributed by atoms with van der Waals surface area (Å²) in [4.78, 5) is 12.7. The topological polar surface area (TPSA) is 26.3 Å². The Morgan fingerprint density at radius 1 is 0.909 bits per heavy atom. The van der Waals surface area contributed by atoms with Gasteiger partial charge in [-0.3, -0.25) is 4.79 Å². The minimum Gasteiger partial charge on any atom is -0.497 e. The Kier molecular flexibility index (Phi) is 4.06. The van der Waals surface area contributed by atoms with Crippen molar-refractivity contribution in [2.75, 3.05) is 7.11 Å². The van der Waals surface area contributed by atoms with E-state index in [4.69, 9.17) is 27.9 Å². The molecule has 0 radical (unpaired) electrons. The molecule has 4 heteroatoms. The molecule has 110 valence electrons. The van der Waals surface area contributed by atoms with Crippen molar-refractivity contribution in [2.45, 2.75) is 0 Å². The van der Waals surface area contributed by atoms with Gasteiger partial charge in [0.05, 0.1) is 22.7 Å². The molecule has 3 aromatic rings. The van der Waals surface area contributed by atoms with E-state index in [1.165, 1.54) is 0 Å². The monoisotopic (exact) mass is 330 g/mol. The van der Waals surface area contributed by atoms with Crippen molar-refractivity contribution in [1.29, 1.82) is 0 Å². The fourth-order valence-electron chi connectivity index (χ4n) is 2.35. The number of hydrogen-bond acceptors (Lipinski definition) is 2. The Balaban J connectivity index is 2.08. The van der Waals surface area contributed by atoms with Crippen LogP contribution < -0.4 is 4.74 Å². The van der Waals surface area contributed by atoms with E-state index >= 15 is 0 Å². The first-order valence-corrected chi connectivity index (χ1v) is 7.42. The van der Waals surface area contributed by atoms with Crippen LogP contribution in [0, 0.1) is 0 Å². The normalized spacial score (nSPS) is 10.7. The minimum atomic E-state index is -0.187. The molecule has 0 heterocycles. The highest BCUT2D eigenvalue weighted by Crippen LogP contribution is 2.28. The SMILES string of the molecule is COc1ccc2cc(C(=O)c3c(Cl)cccc3Cl)ccc2c1. The second-order valence-corrected chi connectivity index (χ2v) is 5.67. The highest BCUT2D eigenvalue weighted by molar-refractivity contribution is 6.41. The van der Waals surface area contributed by atoms with Crippen LogP contribution in [0.15, 0.2) is 54.6 Å². The summed E-state index contributed by atoms with van der Waals surface area (Å²) in [6.07, 6.45) is 0. The van der Waals surface area contributed by atoms with Crippen LogP contribution in [0.5, 0.6) is 5.75 Å². The number of ether oxygens (including phenoxy) is 1. The maximum Gasteiger partial charge on any atom is 0.196 e. The van der Waals surface area contributed by atoms with Gasteiger partial charge in [0.15, 0.2) is 5.78 Å². The van der Waals surface area contributed by atoms with E-state index in [1.54, 1.807) is 31.4 Å². The van der Waals surface area contributed by atoms with E-state index in [0.717, 1.165) is 16.5 Å². The van der Waals surface area contributed by atoms with Gasteiger partial charge in [-0.25, -0.2) is 0 Å². The summed E-state index contributed by atoms with van der Waals surface area (Å²) in [6, 6.07) is 16.2. The zero-order valence-corrected chi connectivity index (χ0v) is 13.3. The number of hydrogen-bond donors (Lipinski definition) is 0. The lowest BCUT2D eigenvalue weighted by Gasteiger charge is -2.08. The third-order valence-electron chi connectivity index (χ3n) is 3.50. The maximum absolute atomic E-state index is 12.7. The summed E-state index contributed by atoms with van der Waals surface area (Å²) in [5.41, 5.74) is 0.881. The van der Waals surface area contributed by atoms with Crippen LogP contribution in [-0.2, 0) is 0 Å². The Morgan fingerprint density at radius 2 is 1.55 bits per heavy atom. The van der Waals surface area contributed by atoms with Crippen LogP contribution in [0.25, 0.3) is 10.8 Å². The molecule has 0 aliphatic heterocycles. The molecule has 0 spiro atoms. The molecule has 0 saturated carbocycles. The quantitative estimate of drug-likeness (QED) is 0.602. The summed E-state index contributed by atoms with van der Waals surface area (Å²) >= 11 is 12.2. The summed E-state index contributed by atoms with van der Waals surface area (Å²) in [5.74, 6) is 0.592. The van der Waals surface area contributed by atoms with Gasteiger partial charge in [0.25, 0.3) is 0 Å². The van der Waals surface area contributed by atoms with Gasteiger partial charge in [0.2, 0.25) is 0 Å². The first kappa shape index (κ1) is 14.9. The first-order valence-electron chi connectivity index (χ1n) is 6.66. The molecule has 0 unspecified atom stereocenters. The average molecular weight is 331 g/mol. The van der Waals surface area contributed by atoms with Crippen molar-refractivity contribution in [3.05, 3.63) is 75.8 Å². The molecule has 3 aromatic carbocycles. The molecule has 0 aromatic heterocycles. The highest BCUT2D eigenvalue weighted by atomic mass is 35.5. The molecule has 0 atom stereocenters. The summed E-state index contributed by atoms with van der Waals surface area (Å²) in [6.45, 7) is 0. The predicted molar refractivity (Wildman–Crippen MR) is 90.4 cm³/mol. The van der Waals surface area contributed by atoms with Crippen LogP contribution >= 0.6 is 23.2 Å². The van der Waals surface area contributed by atoms with Crippen molar-refractivity contribution in [3.63, 3.8) is 0 Å². The predicted octanol–water partition coefficient (Wildman–Crippen LogP) is 5.39. The largest absolute Gasteiger partial charge is 0.497 e. The van der Waals surface area contributed by atoms with E-state index in [1.807, 2.05) is 30.3 Å². The summed E-state index contributed by atoms with van der Waals surface area (Å²) in [5, 5.41) is 2.66. The third-order valence-corrected chi connectivity index (χ3v) is 4.13. The fraction of sp³-hybridized carbons (Fsp3) is 0.0556. The highest BCUT2D eigenvalue weighted by Gasteiger charge is 2.16. The number of halogens is 2. The zero-order valence-electron chi connectivity index (χ0n) is 11.8. The second-order valence-electron chi connectivity index (χ2n) is 4.85. The van der Waals surface area contributed by atoms with E-state index < -0.39 is 0 Å². The Labute approximate surface area is 138 Å². The molecule has 0 saturated heterocycles. The van der Waals surface area contributed by atoms with Gasteiger partial charge >= 0.3 is 0 Å². The third kappa shape index (κ3) is 2.68. The van der Waals surface area contributed by atoms with Gasteiger partial charge < -0.3 is 4.74 Å². The van der Waals surface area contributed by atoms with Crippen LogP contribution in [-0.4, -0.2) is 12.9 Å². The Hall–Kier alpha value is -2.03. The lowest BCUT2D eigenvalue weighted by Crippen LogP contribution is -2.03. The smallest absolute Gasteiger partial charge is 0.196 e. The number of rotatable bonds is 3. The molecule has 2 nitrogen and oxygen atoms in total. The van der Waals surface area contributed by atoms with Crippen molar-refractivity contribution in [2.24, 2.45) is 0 Å². The molecule has 0 bridgehead atoms. The zero-order chi connectivity index (χ0) is 15.7. The van der Waals surface area contributed by atoms with Gasteiger partial charge in [0.1, 0.15) is 5.75 Å². The second kappa shape index (κ2) is 5.99. The number of methoxy groups -OCH3 is 1. The van der Waals surface area contributed by atoms with Crippen molar-refractivity contribution in [1.82, 2.24) is 0 Å². The van der Waals surface area contributed by atoms with Gasteiger partial charge in [-0.1, -0.05) is 47.5 Å². The number of carbonyl (C=O) groups excluding carboxylic acids is 1. The molecular weight excluding hydrogens is 319 g/mol. The fourth-order valence-corrected chi connectivity index (χ4v) is 2.92. The van der Waals surface area contributed by atoms with Crippen LogP contribution in [0.2, 0.25) is 10.0 Å². The number of ketones is 1. The number of carbonyl (C=O) groups is 1. The Morgan fingerprint density at radius 3 is 2.23 bits per heavy atom. The Bertz CT molecular complexity index is 852. The van der Waals surface area contributed by atoms with Crippen molar-refractivity contribution < 1.29 is 9.53 Å². The maximum atomic E-state index is 12.7. The van der Waals surface area contributed by atoms with E-state index in [2.05, 4.69) is 0 Å². The van der Waals surface area contributed by atoms with Crippen molar-refractivity contribution in [3.8, 4) is 5.75 Å². The molecule has 3 rings (SSSR count). The lowest BCUT2D eigenvalue weighted by atomic mass is 10.00. The number of benzene rings is 3. The van der Waals surface area contributed by atoms with Gasteiger partial charge in [-0.15, -0.1) is 0 Å². The van der Waals surface area contributed by atoms with E-state index in [-0.39, 0.29) is 5.78 Å². The standard InChI is InChI=1S/C18H12Cl2O2/c1-22-14-8-7-11-9-13(6-5-12(11)10-14)18(21)17-15(19)3-2-4-16(17)20/h2-10H,1H3. The van der Waals surface area contributed by atoms with Crippen LogP contribution in [0.1, 0.15) is 15.9 Å². The molecule has 0 amide bonds. The molecule has 22 heavy (non-hydrogen) atoms. The summed E-state index contributed by atoms with van der Waals surface area (Å²) < 4.78 is 5.20. The lowest BCUT2D eigenvalue weighted by molar-refractivity contribution is 0.103.